The van der Waals surface area contributed by atoms with Crippen LogP contribution in [0.25, 0.3) is 10.2 Å². The van der Waals surface area contributed by atoms with Crippen LogP contribution in [0.4, 0.5) is 47.1 Å². The molecule has 8 saturated heterocycles. The first kappa shape index (κ1) is 96.0. The maximum atomic E-state index is 12.7. The summed E-state index contributed by atoms with van der Waals surface area (Å²) in [7, 11) is -0.985. The Morgan fingerprint density at radius 2 is 0.742 bits per heavy atom. The molecule has 21 rings (SSSR count). The molecule has 0 bridgehead atoms. The lowest BCUT2D eigenvalue weighted by Gasteiger charge is -2.33. The van der Waals surface area contributed by atoms with Gasteiger partial charge in [0.05, 0.1) is 101 Å². The number of carbonyl (C=O) groups excluding carboxylic acids is 2. The van der Waals surface area contributed by atoms with Crippen molar-refractivity contribution in [2.45, 2.75) is 231 Å². The largest absolute Gasteiger partial charge is 0.497 e. The first-order valence-electron chi connectivity index (χ1n) is 47.0. The monoisotopic (exact) mass is 1900 g/mol. The van der Waals surface area contributed by atoms with Crippen LogP contribution in [0.15, 0.2) is 111 Å². The van der Waals surface area contributed by atoms with E-state index in [4.69, 9.17) is 73.3 Å². The molecule has 17 heterocycles. The van der Waals surface area contributed by atoms with Crippen LogP contribution >= 0.6 is 11.3 Å². The average Bonchev–Trinajstić information content (AvgIpc) is 1.59. The first-order chi connectivity index (χ1) is 63.6. The zero-order valence-corrected chi connectivity index (χ0v) is 79.1. The number of rotatable bonds is 20. The molecular formula is C98H129N17O12S5. The van der Waals surface area contributed by atoms with E-state index >= 15 is 0 Å². The number of benzene rings is 4. The van der Waals surface area contributed by atoms with Gasteiger partial charge >= 0.3 is 5.97 Å². The van der Waals surface area contributed by atoms with E-state index in [0.717, 1.165) is 340 Å². The van der Waals surface area contributed by atoms with Crippen LogP contribution in [0.2, 0.25) is 0 Å². The summed E-state index contributed by atoms with van der Waals surface area (Å²) in [6.07, 6.45) is 19.3. The molecule has 8 fully saturated rings. The fourth-order valence-electron chi connectivity index (χ4n) is 19.7. The van der Waals surface area contributed by atoms with Crippen LogP contribution in [0.5, 0.6) is 5.75 Å². The van der Waals surface area contributed by atoms with Gasteiger partial charge in [0.15, 0.2) is 5.78 Å². The van der Waals surface area contributed by atoms with Crippen LogP contribution in [-0.2, 0) is 92.6 Å². The molecule has 12 aliphatic rings. The number of fused-ring (bicyclic) bond motifs is 5. The van der Waals surface area contributed by atoms with E-state index in [1.54, 1.807) is 7.11 Å². The number of nitrogens with one attached hydrogen (secondary N) is 4. The summed E-state index contributed by atoms with van der Waals surface area (Å²) in [6, 6.07) is 32.1. The summed E-state index contributed by atoms with van der Waals surface area (Å²) in [5, 5.41) is 15.5. The lowest BCUT2D eigenvalue weighted by Crippen LogP contribution is -2.35. The molecule has 0 radical (unpaired) electrons. The Bertz CT molecular complexity index is 5570. The second-order valence-corrected chi connectivity index (χ2v) is 42.9. The molecule has 5 aromatic heterocycles. The molecule has 12 aliphatic heterocycles. The van der Waals surface area contributed by atoms with Gasteiger partial charge in [-0.05, 0) is 192 Å². The number of thiazole rings is 1. The van der Waals surface area contributed by atoms with Gasteiger partial charge in [0.1, 0.15) is 48.6 Å². The quantitative estimate of drug-likeness (QED) is 0.0407. The molecule has 708 valence electrons. The maximum Gasteiger partial charge on any atom is 0.337 e. The number of esters is 1. The van der Waals surface area contributed by atoms with Crippen molar-refractivity contribution < 1.29 is 54.8 Å². The summed E-state index contributed by atoms with van der Waals surface area (Å²) in [5.41, 5.74) is 11.4. The predicted octanol–water partition coefficient (Wildman–Crippen LogP) is 15.0. The molecule has 0 spiro atoms. The second kappa shape index (κ2) is 45.0. The minimum Gasteiger partial charge on any atom is -0.497 e. The number of aromatic nitrogens is 9. The number of anilines is 8. The standard InChI is InChI=1S/C25H32N4O3S.C24H29N5O2S2.C24H30N4O4S.C23H30N4O3S.2CH4/c1-2-22(30)19-5-3-4-18(16-19)17-6-11-29(12-7-17)25-27-21-10-15-33(31)23(21)24(28-25)26-20-8-13-32-14-9-20;1-15-2-3-20-19(14-15)26-23(32-20)16-4-9-29(10-5-16)24-27-18-8-13-33(30)21(18)22(28-24)25-17-6-11-31-12-7-17;1-31-23(29)18-4-2-16(3-5-18)17-6-11-28(12-7-17)24-26-20-10-15-33(30)21(20)22(27-24)25-19-8-13-32-14-9-19;1-29-19-4-2-16(3-5-19)17-6-11-27(12-7-17)23-25-20-10-15-31(28)21(20)22(26-23)24-18-8-13-30-14-9-18;;/h3-5,16-17,20H,2,6-15H2,1H3,(H,26,27,28);2-3,14,16-17H,4-13H2,1H3,(H,25,27,28);2-5,17,19H,6-15H2,1H3,(H,25,26,27);2-5,17-18H,6-15H2,1H3,(H,24,25,26);2*1H4. The van der Waals surface area contributed by atoms with Gasteiger partial charge in [0.25, 0.3) is 0 Å². The molecule has 4 aromatic carbocycles. The van der Waals surface area contributed by atoms with Crippen molar-refractivity contribution in [1.82, 2.24) is 44.9 Å². The Hall–Kier alpha value is -9.13. The summed E-state index contributed by atoms with van der Waals surface area (Å²) in [6.45, 7) is 17.2. The Balaban J connectivity index is 0.000000128. The molecular weight excluding hydrogens is 1770 g/mol. The molecule has 0 saturated carbocycles. The van der Waals surface area contributed by atoms with Gasteiger partial charge < -0.3 is 69.3 Å². The number of Topliss-reactive ketones (excluding diaryl/α,β-unsaturated/α-hetero) is 1. The lowest BCUT2D eigenvalue weighted by molar-refractivity contribution is 0.0600. The fourth-order valence-corrected chi connectivity index (χ4v) is 26.1. The number of hydrogen-bond donors (Lipinski definition) is 4. The molecule has 0 amide bonds. The van der Waals surface area contributed by atoms with Crippen molar-refractivity contribution >= 4 is 124 Å². The van der Waals surface area contributed by atoms with Gasteiger partial charge in [0, 0.05) is 196 Å². The van der Waals surface area contributed by atoms with Crippen molar-refractivity contribution in [3.8, 4) is 5.75 Å². The van der Waals surface area contributed by atoms with E-state index in [1.165, 1.54) is 39.1 Å². The third-order valence-electron chi connectivity index (χ3n) is 27.4. The van der Waals surface area contributed by atoms with E-state index in [1.807, 2.05) is 66.8 Å². The van der Waals surface area contributed by atoms with Crippen LogP contribution in [0.1, 0.15) is 225 Å². The number of piperidine rings is 4. The number of ether oxygens (including phenoxy) is 6. The van der Waals surface area contributed by atoms with Gasteiger partial charge in [-0.1, -0.05) is 70.3 Å². The van der Waals surface area contributed by atoms with Crippen LogP contribution in [0, 0.1) is 6.92 Å². The Morgan fingerprint density at radius 1 is 0.402 bits per heavy atom. The third kappa shape index (κ3) is 22.8. The van der Waals surface area contributed by atoms with Crippen molar-refractivity contribution in [3.63, 3.8) is 0 Å². The van der Waals surface area contributed by atoms with Crippen LogP contribution < -0.4 is 45.6 Å². The number of carbonyl (C=O) groups is 2. The maximum absolute atomic E-state index is 12.7. The van der Waals surface area contributed by atoms with Crippen LogP contribution in [0.3, 0.4) is 0 Å². The molecule has 9 aromatic rings. The summed E-state index contributed by atoms with van der Waals surface area (Å²) < 4.78 is 83.8. The first-order valence-corrected chi connectivity index (χ1v) is 53.0. The predicted molar refractivity (Wildman–Crippen MR) is 524 cm³/mol. The van der Waals surface area contributed by atoms with Crippen molar-refractivity contribution in [1.29, 1.82) is 0 Å². The topological polar surface area (TPSA) is 335 Å². The van der Waals surface area contributed by atoms with E-state index < -0.39 is 43.2 Å². The Kier molecular flexibility index (Phi) is 32.7. The molecule has 4 atom stereocenters. The smallest absolute Gasteiger partial charge is 0.337 e. The van der Waals surface area contributed by atoms with Gasteiger partial charge in [-0.25, -0.2) is 29.7 Å². The minimum absolute atomic E-state index is 0. The fraction of sp³-hybridized carbons (Fsp3) is 0.561. The Labute approximate surface area is 790 Å². The minimum atomic E-state index is -1.03. The SMILES string of the molecule is C.C.CCC(=O)c1cccc(C2CCN(c3nc4c(c(NC5CCOCC5)n3)S(=O)CC4)CC2)c1.COC(=O)c1ccc(C2CCN(c3nc4c(c(NC5CCOCC5)n3)S(=O)CC4)CC2)cc1.COc1ccc(C2CCN(c3nc4c(c(NC5CCOCC5)n3)S(=O)CC4)CC2)cc1.Cc1ccc2sc(C3CCN(c4nc5c(c(NC6CCOCC6)n4)S(=O)CC5)CC3)nc2c1. The molecule has 29 nitrogen and oxygen atoms in total. The van der Waals surface area contributed by atoms with Gasteiger partial charge in [-0.3, -0.25) is 21.6 Å². The zero-order valence-electron chi connectivity index (χ0n) is 75.0. The molecule has 0 aliphatic carbocycles. The molecule has 4 N–H and O–H groups in total. The van der Waals surface area contributed by atoms with E-state index in [0.29, 0.717) is 82.8 Å². The van der Waals surface area contributed by atoms with Gasteiger partial charge in [-0.15, -0.1) is 11.3 Å². The third-order valence-corrected chi connectivity index (χ3v) is 34.4. The Morgan fingerprint density at radius 3 is 1.08 bits per heavy atom. The van der Waals surface area contributed by atoms with E-state index in [-0.39, 0.29) is 26.6 Å². The van der Waals surface area contributed by atoms with Crippen molar-refractivity contribution in [2.75, 3.05) is 183 Å². The average molecular weight is 1900 g/mol. The summed E-state index contributed by atoms with van der Waals surface area (Å²) in [4.78, 5) is 80.0. The van der Waals surface area contributed by atoms with Gasteiger partial charge in [0.2, 0.25) is 23.8 Å². The highest BCUT2D eigenvalue weighted by Crippen LogP contribution is 2.42. The van der Waals surface area contributed by atoms with Crippen molar-refractivity contribution in [3.05, 3.63) is 152 Å². The van der Waals surface area contributed by atoms with Crippen molar-refractivity contribution in [2.24, 2.45) is 0 Å². The highest BCUT2D eigenvalue weighted by Gasteiger charge is 2.38. The summed E-state index contributed by atoms with van der Waals surface area (Å²) >= 11 is 1.83. The molecule has 4 unspecified atom stereocenters. The number of methoxy groups -OCH3 is 2. The number of hydrogen-bond acceptors (Lipinski definition) is 30. The van der Waals surface area contributed by atoms with E-state index in [9.17, 15) is 26.4 Å². The number of ketones is 1. The van der Waals surface area contributed by atoms with Crippen LogP contribution in [-0.4, -0.2) is 240 Å². The zero-order chi connectivity index (χ0) is 89.1. The number of aryl methyl sites for hydroxylation is 5. The lowest BCUT2D eigenvalue weighted by atomic mass is 9.88. The van der Waals surface area contributed by atoms with E-state index in [2.05, 4.69) is 90.3 Å². The highest BCUT2D eigenvalue weighted by molar-refractivity contribution is 7.86. The second-order valence-electron chi connectivity index (χ2n) is 35.8. The molecule has 34 heteroatoms. The number of nitrogens with zero attached hydrogens (tertiary/aromatic N) is 13. The summed E-state index contributed by atoms with van der Waals surface area (Å²) in [5.74, 6) is 11.3. The normalized spacial score (nSPS) is 21.6. The molecule has 132 heavy (non-hydrogen) atoms. The van der Waals surface area contributed by atoms with Gasteiger partial charge in [-0.2, -0.15) is 19.9 Å². The highest BCUT2D eigenvalue weighted by atomic mass is 32.2.